The predicted molar refractivity (Wildman–Crippen MR) is 176 cm³/mol. The number of para-hydroxylation sites is 1. The molecule has 6 nitrogen and oxygen atoms in total. The third-order valence-electron chi connectivity index (χ3n) is 9.08. The van der Waals surface area contributed by atoms with E-state index >= 15 is 0 Å². The third kappa shape index (κ3) is 6.95. The molecule has 6 unspecified atom stereocenters. The lowest BCUT2D eigenvalue weighted by Crippen LogP contribution is -2.33. The van der Waals surface area contributed by atoms with E-state index < -0.39 is 12.2 Å². The van der Waals surface area contributed by atoms with E-state index in [-0.39, 0.29) is 42.3 Å². The van der Waals surface area contributed by atoms with Crippen molar-refractivity contribution >= 4 is 22.9 Å². The average Bonchev–Trinajstić information content (AvgIpc) is 3.39. The van der Waals surface area contributed by atoms with Crippen LogP contribution < -0.4 is 4.90 Å². The van der Waals surface area contributed by atoms with E-state index in [0.29, 0.717) is 37.7 Å². The summed E-state index contributed by atoms with van der Waals surface area (Å²) in [5.41, 5.74) is 5.10. The molecule has 2 saturated heterocycles. The Bertz CT molecular complexity index is 1600. The van der Waals surface area contributed by atoms with Crippen LogP contribution in [0.4, 0.5) is 10.1 Å². The highest BCUT2D eigenvalue weighted by molar-refractivity contribution is 7.80. The van der Waals surface area contributed by atoms with Gasteiger partial charge in [-0.05, 0) is 71.3 Å². The van der Waals surface area contributed by atoms with Gasteiger partial charge in [0.2, 0.25) is 0 Å². The molecule has 2 aliphatic rings. The van der Waals surface area contributed by atoms with Crippen LogP contribution in [0.1, 0.15) is 67.0 Å². The summed E-state index contributed by atoms with van der Waals surface area (Å²) in [5, 5.41) is 42.1. The molecule has 2 fully saturated rings. The molecule has 0 spiro atoms. The van der Waals surface area contributed by atoms with E-state index in [4.69, 9.17) is 17.0 Å². The Hall–Kier alpha value is -3.66. The van der Waals surface area contributed by atoms with Gasteiger partial charge in [0.15, 0.2) is 0 Å². The third-order valence-corrected chi connectivity index (χ3v) is 9.44. The lowest BCUT2D eigenvalue weighted by Gasteiger charge is -2.32. The van der Waals surface area contributed by atoms with E-state index in [1.54, 1.807) is 18.2 Å². The zero-order valence-electron chi connectivity index (χ0n) is 24.9. The second kappa shape index (κ2) is 13.8. The average molecular weight is 628 g/mol. The summed E-state index contributed by atoms with van der Waals surface area (Å²) in [6.07, 6.45) is 0.771. The van der Waals surface area contributed by atoms with Crippen molar-refractivity contribution in [2.45, 2.75) is 62.6 Å². The van der Waals surface area contributed by atoms with Gasteiger partial charge in [-0.1, -0.05) is 78.9 Å². The topological polar surface area (TPSA) is 93.4 Å². The molecule has 6 rings (SSSR count). The SMILES string of the molecule is OCC1CC(O)CC(c2ccc(-c3ccc(C4C(CCC(O)c5ccc(F)cc5)CC(=S)N4c4ccccc4)c(O)c3)cc2)O1. The Morgan fingerprint density at radius 2 is 1.62 bits per heavy atom. The van der Waals surface area contributed by atoms with Crippen LogP contribution in [0.25, 0.3) is 11.1 Å². The molecule has 4 N–H and O–H groups in total. The van der Waals surface area contributed by atoms with Gasteiger partial charge in [-0.3, -0.25) is 0 Å². The first kappa shape index (κ1) is 31.3. The molecule has 0 bridgehead atoms. The summed E-state index contributed by atoms with van der Waals surface area (Å²) in [6.45, 7) is -0.125. The quantitative estimate of drug-likeness (QED) is 0.146. The fourth-order valence-corrected chi connectivity index (χ4v) is 7.19. The number of aliphatic hydroxyl groups is 3. The van der Waals surface area contributed by atoms with E-state index in [0.717, 1.165) is 32.9 Å². The molecule has 4 aromatic carbocycles. The molecule has 6 atom stereocenters. The summed E-state index contributed by atoms with van der Waals surface area (Å²) < 4.78 is 19.4. The highest BCUT2D eigenvalue weighted by atomic mass is 32.1. The first-order valence-electron chi connectivity index (χ1n) is 15.5. The molecule has 0 aliphatic carbocycles. The zero-order valence-corrected chi connectivity index (χ0v) is 25.7. The summed E-state index contributed by atoms with van der Waals surface area (Å²) in [7, 11) is 0. The van der Waals surface area contributed by atoms with Gasteiger partial charge in [0.05, 0.1) is 42.1 Å². The number of benzene rings is 4. The molecule has 2 heterocycles. The molecule has 0 radical (unpaired) electrons. The Kier molecular flexibility index (Phi) is 9.58. The van der Waals surface area contributed by atoms with Crippen LogP contribution in [-0.2, 0) is 4.74 Å². The fourth-order valence-electron chi connectivity index (χ4n) is 6.76. The van der Waals surface area contributed by atoms with Crippen LogP contribution in [0.5, 0.6) is 5.75 Å². The second-order valence-electron chi connectivity index (χ2n) is 12.1. The summed E-state index contributed by atoms with van der Waals surface area (Å²) in [5.74, 6) is -0.131. The maximum Gasteiger partial charge on any atom is 0.123 e. The van der Waals surface area contributed by atoms with Crippen molar-refractivity contribution in [1.82, 2.24) is 0 Å². The number of aromatic hydroxyl groups is 1. The Balaban J connectivity index is 1.25. The molecular weight excluding hydrogens is 589 g/mol. The number of anilines is 1. The number of phenols is 1. The van der Waals surface area contributed by atoms with Crippen molar-refractivity contribution in [1.29, 1.82) is 0 Å². The Labute approximate surface area is 268 Å². The molecule has 2 aliphatic heterocycles. The number of halogens is 1. The van der Waals surface area contributed by atoms with Gasteiger partial charge >= 0.3 is 0 Å². The molecule has 0 amide bonds. The minimum atomic E-state index is -0.735. The van der Waals surface area contributed by atoms with E-state index in [9.17, 15) is 24.8 Å². The molecule has 45 heavy (non-hydrogen) atoms. The van der Waals surface area contributed by atoms with Crippen molar-refractivity contribution in [2.24, 2.45) is 5.92 Å². The highest BCUT2D eigenvalue weighted by Gasteiger charge is 2.40. The van der Waals surface area contributed by atoms with Crippen LogP contribution in [0.15, 0.2) is 97.1 Å². The maximum atomic E-state index is 13.4. The van der Waals surface area contributed by atoms with Crippen molar-refractivity contribution in [3.8, 4) is 16.9 Å². The van der Waals surface area contributed by atoms with E-state index in [1.165, 1.54) is 12.1 Å². The van der Waals surface area contributed by atoms with Crippen molar-refractivity contribution in [2.75, 3.05) is 11.5 Å². The van der Waals surface area contributed by atoms with E-state index in [2.05, 4.69) is 4.90 Å². The van der Waals surface area contributed by atoms with Gasteiger partial charge in [0.1, 0.15) is 11.6 Å². The number of thiocarbonyl (C=S) groups is 1. The van der Waals surface area contributed by atoms with Gasteiger partial charge in [-0.2, -0.15) is 0 Å². The van der Waals surface area contributed by atoms with Crippen molar-refractivity contribution < 1.29 is 29.6 Å². The number of ether oxygens (including phenoxy) is 1. The van der Waals surface area contributed by atoms with Crippen LogP contribution in [-0.4, -0.2) is 44.2 Å². The highest BCUT2D eigenvalue weighted by Crippen LogP contribution is 2.47. The number of phenolic OH excluding ortho intramolecular Hbond substituents is 1. The number of aliphatic hydroxyl groups excluding tert-OH is 3. The van der Waals surface area contributed by atoms with Crippen LogP contribution in [0, 0.1) is 11.7 Å². The smallest absolute Gasteiger partial charge is 0.123 e. The fraction of sp³-hybridized carbons (Fsp3) is 0.324. The first-order valence-corrected chi connectivity index (χ1v) is 15.9. The normalized spacial score (nSPS) is 24.1. The number of nitrogens with zero attached hydrogens (tertiary/aromatic N) is 1. The number of hydrogen-bond acceptors (Lipinski definition) is 6. The predicted octanol–water partition coefficient (Wildman–Crippen LogP) is 7.18. The van der Waals surface area contributed by atoms with Gasteiger partial charge in [-0.25, -0.2) is 4.39 Å². The molecule has 8 heteroatoms. The minimum absolute atomic E-state index is 0.0393. The number of rotatable bonds is 9. The second-order valence-corrected chi connectivity index (χ2v) is 12.6. The maximum absolute atomic E-state index is 13.4. The monoisotopic (exact) mass is 627 g/mol. The van der Waals surface area contributed by atoms with Gasteiger partial charge in [0.25, 0.3) is 0 Å². The van der Waals surface area contributed by atoms with Crippen molar-refractivity contribution in [3.05, 3.63) is 120 Å². The van der Waals surface area contributed by atoms with Gasteiger partial charge in [0, 0.05) is 30.5 Å². The standard InChI is InChI=1S/C37H38FNO5S/c38-28-14-10-24(11-15-28)33(42)17-13-27-19-36(45)39(29-4-2-1-3-5-29)37(27)32-16-12-26(18-34(32)43)23-6-8-25(9-7-23)35-21-30(41)20-31(22-40)44-35/h1-12,14-16,18,27,30-31,33,35,37,40-43H,13,17,19-22H2. The van der Waals surface area contributed by atoms with Crippen LogP contribution in [0.3, 0.4) is 0 Å². The lowest BCUT2D eigenvalue weighted by molar-refractivity contribution is -0.113. The van der Waals surface area contributed by atoms with Crippen molar-refractivity contribution in [3.63, 3.8) is 0 Å². The molecule has 0 aromatic heterocycles. The molecule has 4 aromatic rings. The summed E-state index contributed by atoms with van der Waals surface area (Å²) >= 11 is 5.90. The van der Waals surface area contributed by atoms with Gasteiger partial charge in [-0.15, -0.1) is 0 Å². The van der Waals surface area contributed by atoms with Crippen LogP contribution in [0.2, 0.25) is 0 Å². The zero-order chi connectivity index (χ0) is 31.5. The van der Waals surface area contributed by atoms with Gasteiger partial charge < -0.3 is 30.1 Å². The lowest BCUT2D eigenvalue weighted by atomic mass is 9.86. The summed E-state index contributed by atoms with van der Waals surface area (Å²) in [6, 6.07) is 29.3. The first-order chi connectivity index (χ1) is 21.8. The molecule has 234 valence electrons. The largest absolute Gasteiger partial charge is 0.508 e. The van der Waals surface area contributed by atoms with Crippen LogP contribution >= 0.6 is 12.2 Å². The Morgan fingerprint density at radius 3 is 2.31 bits per heavy atom. The molecule has 0 saturated carbocycles. The number of hydrogen-bond donors (Lipinski definition) is 4. The van der Waals surface area contributed by atoms with E-state index in [1.807, 2.05) is 66.7 Å². The molecular formula is C37H38FNO5S. The minimum Gasteiger partial charge on any atom is -0.508 e. The Morgan fingerprint density at radius 1 is 0.911 bits per heavy atom. The summed E-state index contributed by atoms with van der Waals surface area (Å²) in [4.78, 5) is 2.90.